The molecule has 0 heterocycles. The third kappa shape index (κ3) is 1.25. The zero-order valence-corrected chi connectivity index (χ0v) is 8.66. The minimum atomic E-state index is -0.370. The lowest BCUT2D eigenvalue weighted by Crippen LogP contribution is -2.39. The van der Waals surface area contributed by atoms with Crippen LogP contribution in [0.4, 0.5) is 0 Å². The van der Waals surface area contributed by atoms with Crippen molar-refractivity contribution in [2.75, 3.05) is 0 Å². The van der Waals surface area contributed by atoms with Gasteiger partial charge in [-0.25, -0.2) is 0 Å². The second-order valence-electron chi connectivity index (χ2n) is 4.62. The van der Waals surface area contributed by atoms with E-state index in [4.69, 9.17) is 0 Å². The summed E-state index contributed by atoms with van der Waals surface area (Å²) in [5.74, 6) is 0.414. The maximum atomic E-state index is 11.3. The standard InChI is InChI=1S/C12H16O2/c1-8-11(14)4-3-9-7-10(13)5-6-12(8,9)2/h3-4,7-8,11,14H,5-6H2,1-2H3/t8-,11+,12+/m0/s1. The van der Waals surface area contributed by atoms with E-state index in [1.165, 1.54) is 0 Å². The first kappa shape index (κ1) is 9.66. The van der Waals surface area contributed by atoms with Crippen molar-refractivity contribution >= 4 is 5.78 Å². The first-order chi connectivity index (χ1) is 6.54. The van der Waals surface area contributed by atoms with Crippen molar-refractivity contribution in [3.63, 3.8) is 0 Å². The van der Waals surface area contributed by atoms with Crippen LogP contribution in [-0.2, 0) is 4.79 Å². The number of aliphatic hydroxyl groups excluding tert-OH is 1. The molecule has 0 radical (unpaired) electrons. The number of carbonyl (C=O) groups is 1. The number of hydrogen-bond acceptors (Lipinski definition) is 2. The molecule has 2 rings (SSSR count). The largest absolute Gasteiger partial charge is 0.389 e. The molecule has 1 N–H and O–H groups in total. The Kier molecular flexibility index (Phi) is 2.11. The van der Waals surface area contributed by atoms with Gasteiger partial charge in [0.2, 0.25) is 0 Å². The van der Waals surface area contributed by atoms with E-state index in [9.17, 15) is 9.90 Å². The summed E-state index contributed by atoms with van der Waals surface area (Å²) >= 11 is 0. The average Bonchev–Trinajstić information content (AvgIpc) is 2.16. The topological polar surface area (TPSA) is 37.3 Å². The SMILES string of the molecule is C[C@H]1[C@H](O)C=CC2=CC(=O)CC[C@@]21C. The molecule has 0 aromatic carbocycles. The van der Waals surface area contributed by atoms with E-state index in [2.05, 4.69) is 13.8 Å². The molecule has 0 saturated carbocycles. The van der Waals surface area contributed by atoms with Gasteiger partial charge in [-0.2, -0.15) is 0 Å². The van der Waals surface area contributed by atoms with E-state index in [-0.39, 0.29) is 23.2 Å². The molecule has 0 saturated heterocycles. The van der Waals surface area contributed by atoms with Crippen LogP contribution >= 0.6 is 0 Å². The Morgan fingerprint density at radius 3 is 3.00 bits per heavy atom. The van der Waals surface area contributed by atoms with Crippen LogP contribution in [0.5, 0.6) is 0 Å². The molecule has 0 bridgehead atoms. The Morgan fingerprint density at radius 1 is 1.57 bits per heavy atom. The van der Waals surface area contributed by atoms with Gasteiger partial charge < -0.3 is 5.11 Å². The number of carbonyl (C=O) groups excluding carboxylic acids is 1. The van der Waals surface area contributed by atoms with Crippen molar-refractivity contribution in [1.82, 2.24) is 0 Å². The fourth-order valence-corrected chi connectivity index (χ4v) is 2.41. The summed E-state index contributed by atoms with van der Waals surface area (Å²) in [4.78, 5) is 11.3. The van der Waals surface area contributed by atoms with Gasteiger partial charge in [0, 0.05) is 6.42 Å². The highest BCUT2D eigenvalue weighted by atomic mass is 16.3. The number of fused-ring (bicyclic) bond motifs is 1. The molecule has 14 heavy (non-hydrogen) atoms. The number of aliphatic hydroxyl groups is 1. The second kappa shape index (κ2) is 3.06. The van der Waals surface area contributed by atoms with Crippen molar-refractivity contribution in [3.05, 3.63) is 23.8 Å². The highest BCUT2D eigenvalue weighted by molar-refractivity contribution is 5.92. The van der Waals surface area contributed by atoms with Gasteiger partial charge in [0.05, 0.1) is 6.10 Å². The Hall–Kier alpha value is -0.890. The highest BCUT2D eigenvalue weighted by Crippen LogP contribution is 2.47. The summed E-state index contributed by atoms with van der Waals surface area (Å²) < 4.78 is 0. The summed E-state index contributed by atoms with van der Waals surface area (Å²) in [6.45, 7) is 4.19. The molecule has 0 aromatic rings. The van der Waals surface area contributed by atoms with E-state index < -0.39 is 0 Å². The van der Waals surface area contributed by atoms with Crippen molar-refractivity contribution in [1.29, 1.82) is 0 Å². The maximum Gasteiger partial charge on any atom is 0.156 e. The van der Waals surface area contributed by atoms with Crippen LogP contribution in [0.25, 0.3) is 0 Å². The minimum Gasteiger partial charge on any atom is -0.389 e. The van der Waals surface area contributed by atoms with Crippen LogP contribution in [-0.4, -0.2) is 17.0 Å². The van der Waals surface area contributed by atoms with E-state index in [0.717, 1.165) is 12.0 Å². The molecule has 3 atom stereocenters. The smallest absolute Gasteiger partial charge is 0.156 e. The van der Waals surface area contributed by atoms with Crippen LogP contribution in [0.3, 0.4) is 0 Å². The molecule has 0 aromatic heterocycles. The number of rotatable bonds is 0. The van der Waals surface area contributed by atoms with Crippen LogP contribution in [0.1, 0.15) is 26.7 Å². The monoisotopic (exact) mass is 192 g/mol. The first-order valence-electron chi connectivity index (χ1n) is 5.15. The fraction of sp³-hybridized carbons (Fsp3) is 0.583. The molecule has 0 spiro atoms. The van der Waals surface area contributed by atoms with Crippen LogP contribution < -0.4 is 0 Å². The maximum absolute atomic E-state index is 11.3. The van der Waals surface area contributed by atoms with Crippen LogP contribution in [0.2, 0.25) is 0 Å². The summed E-state index contributed by atoms with van der Waals surface area (Å²) in [5.41, 5.74) is 1.08. The normalized spacial score (nSPS) is 41.9. The molecule has 76 valence electrons. The third-order valence-corrected chi connectivity index (χ3v) is 3.86. The summed E-state index contributed by atoms with van der Waals surface area (Å²) in [6.07, 6.45) is 6.54. The van der Waals surface area contributed by atoms with Crippen molar-refractivity contribution < 1.29 is 9.90 Å². The van der Waals surface area contributed by atoms with Gasteiger partial charge in [0.25, 0.3) is 0 Å². The fourth-order valence-electron chi connectivity index (χ4n) is 2.41. The molecule has 2 nitrogen and oxygen atoms in total. The van der Waals surface area contributed by atoms with E-state index in [0.29, 0.717) is 6.42 Å². The molecular formula is C12H16O2. The summed E-state index contributed by atoms with van der Waals surface area (Å²) in [6, 6.07) is 0. The van der Waals surface area contributed by atoms with Gasteiger partial charge in [-0.15, -0.1) is 0 Å². The van der Waals surface area contributed by atoms with E-state index in [1.807, 2.05) is 6.08 Å². The van der Waals surface area contributed by atoms with Crippen LogP contribution in [0, 0.1) is 11.3 Å². The summed E-state index contributed by atoms with van der Waals surface area (Å²) in [5, 5.41) is 9.75. The van der Waals surface area contributed by atoms with Crippen molar-refractivity contribution in [2.45, 2.75) is 32.8 Å². The minimum absolute atomic E-state index is 0.0118. The van der Waals surface area contributed by atoms with Crippen molar-refractivity contribution in [2.24, 2.45) is 11.3 Å². The van der Waals surface area contributed by atoms with Crippen LogP contribution in [0.15, 0.2) is 23.8 Å². The molecule has 0 amide bonds. The number of ketones is 1. The van der Waals surface area contributed by atoms with E-state index >= 15 is 0 Å². The zero-order chi connectivity index (χ0) is 10.3. The summed E-state index contributed by atoms with van der Waals surface area (Å²) in [7, 11) is 0. The molecule has 2 aliphatic carbocycles. The lowest BCUT2D eigenvalue weighted by molar-refractivity contribution is -0.116. The Balaban J connectivity index is 2.45. The van der Waals surface area contributed by atoms with Gasteiger partial charge in [-0.3, -0.25) is 4.79 Å². The van der Waals surface area contributed by atoms with Gasteiger partial charge >= 0.3 is 0 Å². The van der Waals surface area contributed by atoms with E-state index in [1.54, 1.807) is 12.2 Å². The van der Waals surface area contributed by atoms with Gasteiger partial charge in [0.1, 0.15) is 0 Å². The molecule has 0 aliphatic heterocycles. The molecule has 2 heteroatoms. The second-order valence-corrected chi connectivity index (χ2v) is 4.62. The Morgan fingerprint density at radius 2 is 2.29 bits per heavy atom. The van der Waals surface area contributed by atoms with Gasteiger partial charge in [-0.1, -0.05) is 26.0 Å². The highest BCUT2D eigenvalue weighted by Gasteiger charge is 2.41. The number of allylic oxidation sites excluding steroid dienone is 3. The Bertz CT molecular complexity index is 327. The lowest BCUT2D eigenvalue weighted by atomic mass is 9.62. The molecule has 0 unspecified atom stereocenters. The quantitative estimate of drug-likeness (QED) is 0.636. The number of hydrogen-bond donors (Lipinski definition) is 1. The zero-order valence-electron chi connectivity index (χ0n) is 8.66. The predicted molar refractivity (Wildman–Crippen MR) is 54.7 cm³/mol. The average molecular weight is 192 g/mol. The third-order valence-electron chi connectivity index (χ3n) is 3.86. The van der Waals surface area contributed by atoms with Gasteiger partial charge in [-0.05, 0) is 29.4 Å². The Labute approximate surface area is 84.3 Å². The van der Waals surface area contributed by atoms with Crippen molar-refractivity contribution in [3.8, 4) is 0 Å². The molecule has 2 aliphatic rings. The van der Waals surface area contributed by atoms with Gasteiger partial charge in [0.15, 0.2) is 5.78 Å². The first-order valence-corrected chi connectivity index (χ1v) is 5.15. The predicted octanol–water partition coefficient (Wildman–Crippen LogP) is 1.85. The molecule has 0 fully saturated rings. The lowest BCUT2D eigenvalue weighted by Gasteiger charge is -2.43. The molecular weight excluding hydrogens is 176 g/mol.